The molecule has 1 atom stereocenters. The van der Waals surface area contributed by atoms with E-state index in [9.17, 15) is 0 Å². The van der Waals surface area contributed by atoms with Crippen molar-refractivity contribution in [3.63, 3.8) is 0 Å². The summed E-state index contributed by atoms with van der Waals surface area (Å²) >= 11 is 0. The van der Waals surface area contributed by atoms with Gasteiger partial charge in [0.15, 0.2) is 0 Å². The minimum absolute atomic E-state index is 0.275. The number of aromatic nitrogens is 1. The second-order valence-corrected chi connectivity index (χ2v) is 2.93. The van der Waals surface area contributed by atoms with Gasteiger partial charge in [-0.2, -0.15) is 10.4 Å². The summed E-state index contributed by atoms with van der Waals surface area (Å²) in [5.41, 5.74) is 5.66. The first kappa shape index (κ1) is 6.45. The number of nitrogens with zero attached hydrogens (tertiary/aromatic N) is 2. The van der Waals surface area contributed by atoms with E-state index >= 15 is 0 Å². The molecule has 0 radical (unpaired) electrons. The maximum atomic E-state index is 5.88. The molecule has 0 aliphatic carbocycles. The summed E-state index contributed by atoms with van der Waals surface area (Å²) in [5.74, 6) is 7.59. The van der Waals surface area contributed by atoms with Crippen LogP contribution < -0.4 is 16.2 Å². The largest absolute Gasteiger partial charge is 0.385 e. The van der Waals surface area contributed by atoms with E-state index in [-0.39, 0.29) is 4.59 Å². The number of hydrogen-bond donors (Lipinski definition) is 2. The molecular weight excluding hydrogens is 140 g/mol. The zero-order valence-electron chi connectivity index (χ0n) is 6.36. The molecule has 0 saturated carbocycles. The molecule has 4 nitrogen and oxygen atoms in total. The Morgan fingerprint density at radius 3 is 2.82 bits per heavy atom. The van der Waals surface area contributed by atoms with Crippen molar-refractivity contribution in [1.29, 1.82) is 0 Å². The molecule has 1 aromatic rings. The predicted octanol–water partition coefficient (Wildman–Crippen LogP) is 0.323. The smallest absolute Gasteiger partial charge is 0.237 e. The highest BCUT2D eigenvalue weighted by molar-refractivity contribution is 5.61. The average Bonchev–Trinajstić information content (AvgIpc) is 2.39. The molecule has 0 saturated heterocycles. The van der Waals surface area contributed by atoms with Gasteiger partial charge in [0.2, 0.25) is 5.82 Å². The predicted molar refractivity (Wildman–Crippen MR) is 46.1 cm³/mol. The Kier molecular flexibility index (Phi) is 0.976. The first-order valence-corrected chi connectivity index (χ1v) is 3.43. The molecular formula is C7H11N4+. The highest BCUT2D eigenvalue weighted by Gasteiger charge is 2.27. The molecule has 1 aromatic heterocycles. The fourth-order valence-corrected chi connectivity index (χ4v) is 1.29. The number of rotatable bonds is 0. The molecule has 0 spiro atoms. The van der Waals surface area contributed by atoms with Gasteiger partial charge in [0, 0.05) is 6.07 Å². The summed E-state index contributed by atoms with van der Waals surface area (Å²) in [6.45, 7) is 0. The zero-order valence-corrected chi connectivity index (χ0v) is 6.36. The second-order valence-electron chi connectivity index (χ2n) is 2.93. The topological polar surface area (TPSA) is 57.0 Å². The molecule has 2 rings (SSSR count). The zero-order chi connectivity index (χ0) is 8.06. The van der Waals surface area contributed by atoms with Crippen LogP contribution in [0.2, 0.25) is 0 Å². The van der Waals surface area contributed by atoms with Crippen molar-refractivity contribution in [1.82, 2.24) is 9.16 Å². The SMILES string of the molecule is C[N+]1(N)C=Cn2c(N)ccc21. The maximum absolute atomic E-state index is 5.88. The molecule has 4 heteroatoms. The van der Waals surface area contributed by atoms with Crippen molar-refractivity contribution in [2.75, 3.05) is 12.8 Å². The maximum Gasteiger partial charge on any atom is 0.237 e. The third-order valence-corrected chi connectivity index (χ3v) is 1.95. The third kappa shape index (κ3) is 0.704. The molecule has 0 aromatic carbocycles. The Labute approximate surface area is 64.9 Å². The van der Waals surface area contributed by atoms with Crippen molar-refractivity contribution in [3.8, 4) is 0 Å². The van der Waals surface area contributed by atoms with Crippen LogP contribution in [-0.2, 0) is 0 Å². The molecule has 4 N–H and O–H groups in total. The van der Waals surface area contributed by atoms with Gasteiger partial charge in [-0.15, -0.1) is 0 Å². The van der Waals surface area contributed by atoms with Crippen LogP contribution in [0.3, 0.4) is 0 Å². The van der Waals surface area contributed by atoms with Crippen molar-refractivity contribution >= 4 is 17.8 Å². The van der Waals surface area contributed by atoms with Gasteiger partial charge in [-0.25, -0.2) is 0 Å². The van der Waals surface area contributed by atoms with Crippen LogP contribution in [0.5, 0.6) is 0 Å². The number of anilines is 1. The van der Waals surface area contributed by atoms with Gasteiger partial charge in [0.1, 0.15) is 12.0 Å². The Hall–Kier alpha value is -1.26. The van der Waals surface area contributed by atoms with Gasteiger partial charge in [0.05, 0.1) is 13.2 Å². The molecule has 1 aliphatic rings. The highest BCUT2D eigenvalue weighted by atomic mass is 15.6. The molecule has 1 unspecified atom stereocenters. The first-order chi connectivity index (χ1) is 5.11. The van der Waals surface area contributed by atoms with E-state index in [1.165, 1.54) is 0 Å². The first-order valence-electron chi connectivity index (χ1n) is 3.43. The number of quaternary nitrogens is 1. The fourth-order valence-electron chi connectivity index (χ4n) is 1.29. The summed E-state index contributed by atoms with van der Waals surface area (Å²) in [6, 6.07) is 3.78. The number of fused-ring (bicyclic) bond motifs is 1. The van der Waals surface area contributed by atoms with Crippen LogP contribution in [-0.4, -0.2) is 11.6 Å². The number of nitrogens with two attached hydrogens (primary N) is 2. The number of nitrogen functional groups attached to an aromatic ring is 1. The van der Waals surface area contributed by atoms with E-state index in [4.69, 9.17) is 11.6 Å². The average molecular weight is 151 g/mol. The molecule has 0 amide bonds. The van der Waals surface area contributed by atoms with Crippen molar-refractivity contribution in [3.05, 3.63) is 18.3 Å². The van der Waals surface area contributed by atoms with Crippen molar-refractivity contribution in [2.45, 2.75) is 0 Å². The monoisotopic (exact) mass is 151 g/mol. The van der Waals surface area contributed by atoms with E-state index in [0.29, 0.717) is 0 Å². The summed E-state index contributed by atoms with van der Waals surface area (Å²) in [4.78, 5) is 0. The molecule has 0 bridgehead atoms. The minimum atomic E-state index is 0.275. The van der Waals surface area contributed by atoms with Gasteiger partial charge in [-0.05, 0) is 6.07 Å². The normalized spacial score (nSPS) is 27.5. The van der Waals surface area contributed by atoms with E-state index in [1.54, 1.807) is 0 Å². The van der Waals surface area contributed by atoms with Crippen LogP contribution in [0.25, 0.3) is 6.20 Å². The van der Waals surface area contributed by atoms with Crippen molar-refractivity contribution in [2.24, 2.45) is 5.84 Å². The Balaban J connectivity index is 2.65. The molecule has 2 heterocycles. The van der Waals surface area contributed by atoms with Crippen LogP contribution in [0.4, 0.5) is 11.6 Å². The quantitative estimate of drug-likeness (QED) is 0.414. The van der Waals surface area contributed by atoms with E-state index in [0.717, 1.165) is 11.6 Å². The van der Waals surface area contributed by atoms with Gasteiger partial charge in [-0.1, -0.05) is 0 Å². The third-order valence-electron chi connectivity index (χ3n) is 1.95. The van der Waals surface area contributed by atoms with Gasteiger partial charge < -0.3 is 5.73 Å². The lowest BCUT2D eigenvalue weighted by molar-refractivity contribution is 0.469. The molecule has 0 fully saturated rings. The van der Waals surface area contributed by atoms with Gasteiger partial charge in [-0.3, -0.25) is 4.57 Å². The summed E-state index contributed by atoms with van der Waals surface area (Å²) < 4.78 is 2.15. The Morgan fingerprint density at radius 1 is 1.45 bits per heavy atom. The standard InChI is InChI=1S/C7H11N4/c1-11(9)5-4-10-6(8)2-3-7(10)11/h2-5H,8-9H2,1H3/q+1. The van der Waals surface area contributed by atoms with Crippen LogP contribution in [0, 0.1) is 0 Å². The van der Waals surface area contributed by atoms with Gasteiger partial charge in [0.25, 0.3) is 0 Å². The summed E-state index contributed by atoms with van der Waals surface area (Å²) in [7, 11) is 1.90. The van der Waals surface area contributed by atoms with Crippen molar-refractivity contribution < 1.29 is 0 Å². The fraction of sp³-hybridized carbons (Fsp3) is 0.143. The van der Waals surface area contributed by atoms with Crippen LogP contribution in [0.15, 0.2) is 18.3 Å². The van der Waals surface area contributed by atoms with Crippen LogP contribution in [0.1, 0.15) is 0 Å². The minimum Gasteiger partial charge on any atom is -0.385 e. The van der Waals surface area contributed by atoms with E-state index in [1.807, 2.05) is 36.1 Å². The van der Waals surface area contributed by atoms with E-state index in [2.05, 4.69) is 0 Å². The lowest BCUT2D eigenvalue weighted by atomic mass is 10.5. The lowest BCUT2D eigenvalue weighted by Gasteiger charge is -2.16. The van der Waals surface area contributed by atoms with Gasteiger partial charge >= 0.3 is 0 Å². The van der Waals surface area contributed by atoms with E-state index < -0.39 is 0 Å². The second kappa shape index (κ2) is 1.66. The van der Waals surface area contributed by atoms with Crippen LogP contribution >= 0.6 is 0 Å². The Bertz CT molecular complexity index is 321. The highest BCUT2D eigenvalue weighted by Crippen LogP contribution is 2.28. The summed E-state index contributed by atoms with van der Waals surface area (Å²) in [5, 5.41) is 0. The molecule has 1 aliphatic heterocycles. The molecule has 11 heavy (non-hydrogen) atoms. The lowest BCUT2D eigenvalue weighted by Crippen LogP contribution is -2.45. The Morgan fingerprint density at radius 2 is 2.18 bits per heavy atom. The summed E-state index contributed by atoms with van der Waals surface area (Å²) in [6.07, 6.45) is 3.76. The number of hydrogen-bond acceptors (Lipinski definition) is 2. The molecule has 58 valence electrons.